The Hall–Kier alpha value is -2.52. The van der Waals surface area contributed by atoms with Crippen molar-refractivity contribution in [1.82, 2.24) is 25.0 Å². The molecule has 10 heteroatoms. The Balaban J connectivity index is 1.58. The van der Waals surface area contributed by atoms with Gasteiger partial charge in [0.2, 0.25) is 11.6 Å². The minimum atomic E-state index is -0.519. The molecule has 140 valence electrons. The molecule has 0 radical (unpaired) electrons. The van der Waals surface area contributed by atoms with E-state index in [4.69, 9.17) is 16.3 Å². The van der Waals surface area contributed by atoms with Crippen LogP contribution >= 0.6 is 11.6 Å². The maximum absolute atomic E-state index is 14.7. The van der Waals surface area contributed by atoms with Gasteiger partial charge in [-0.3, -0.25) is 9.78 Å². The summed E-state index contributed by atoms with van der Waals surface area (Å²) < 4.78 is 20.0. The predicted molar refractivity (Wildman–Crippen MR) is 97.3 cm³/mol. The maximum atomic E-state index is 14.7. The number of hydrogen-bond donors (Lipinski definition) is 1. The molecule has 8 nitrogen and oxygen atoms in total. The average molecular weight is 391 g/mol. The normalized spacial score (nSPS) is 17.6. The molecule has 2 aromatic heterocycles. The van der Waals surface area contributed by atoms with Crippen molar-refractivity contribution >= 4 is 28.7 Å². The molecule has 1 saturated heterocycles. The first-order chi connectivity index (χ1) is 13.1. The van der Waals surface area contributed by atoms with Crippen LogP contribution in [0.2, 0.25) is 5.02 Å². The first-order valence-electron chi connectivity index (χ1n) is 8.79. The second-order valence-corrected chi connectivity index (χ2v) is 7.17. The van der Waals surface area contributed by atoms with Crippen LogP contribution in [0.3, 0.4) is 0 Å². The largest absolute Gasteiger partial charge is 0.378 e. The fourth-order valence-corrected chi connectivity index (χ4v) is 3.56. The number of nitrogens with zero attached hydrogens (tertiary/aromatic N) is 5. The van der Waals surface area contributed by atoms with Crippen LogP contribution in [0, 0.1) is 5.82 Å². The van der Waals surface area contributed by atoms with Crippen molar-refractivity contribution in [2.24, 2.45) is 0 Å². The highest BCUT2D eigenvalue weighted by Crippen LogP contribution is 2.42. The predicted octanol–water partition coefficient (Wildman–Crippen LogP) is 2.01. The van der Waals surface area contributed by atoms with E-state index >= 15 is 0 Å². The van der Waals surface area contributed by atoms with Gasteiger partial charge in [-0.25, -0.2) is 4.39 Å². The number of hydrogen-bond acceptors (Lipinski definition) is 6. The number of aromatic amines is 1. The second kappa shape index (κ2) is 6.28. The molecule has 0 atom stereocenters. The minimum absolute atomic E-state index is 0.0198. The lowest BCUT2D eigenvalue weighted by molar-refractivity contribution is 0.122. The molecule has 2 aliphatic rings. The van der Waals surface area contributed by atoms with E-state index in [0.29, 0.717) is 38.2 Å². The number of H-pyrrole nitrogens is 1. The van der Waals surface area contributed by atoms with Gasteiger partial charge in [0.25, 0.3) is 5.56 Å². The van der Waals surface area contributed by atoms with Crippen molar-refractivity contribution in [3.05, 3.63) is 38.9 Å². The molecule has 0 bridgehead atoms. The van der Waals surface area contributed by atoms with Crippen molar-refractivity contribution in [2.45, 2.75) is 18.8 Å². The molecule has 0 amide bonds. The summed E-state index contributed by atoms with van der Waals surface area (Å²) in [6, 6.07) is 3.20. The first kappa shape index (κ1) is 16.6. The van der Waals surface area contributed by atoms with Crippen LogP contribution in [0.1, 0.15) is 24.3 Å². The SMILES string of the molecule is O=c1[nH]c(N2CCOCC2)nc2nn(-c3c(F)cc(C4CC4)cc3Cl)nc12. The lowest BCUT2D eigenvalue weighted by atomic mass is 10.1. The van der Waals surface area contributed by atoms with E-state index in [-0.39, 0.29) is 21.9 Å². The molecular weight excluding hydrogens is 375 g/mol. The number of halogens is 2. The van der Waals surface area contributed by atoms with Gasteiger partial charge in [-0.1, -0.05) is 11.6 Å². The van der Waals surface area contributed by atoms with Crippen LogP contribution in [0.4, 0.5) is 10.3 Å². The van der Waals surface area contributed by atoms with Gasteiger partial charge in [0, 0.05) is 13.1 Å². The lowest BCUT2D eigenvalue weighted by Gasteiger charge is -2.26. The summed E-state index contributed by atoms with van der Waals surface area (Å²) in [6.07, 6.45) is 2.09. The highest BCUT2D eigenvalue weighted by molar-refractivity contribution is 6.32. The zero-order valence-electron chi connectivity index (χ0n) is 14.3. The highest BCUT2D eigenvalue weighted by atomic mass is 35.5. The monoisotopic (exact) mass is 390 g/mol. The van der Waals surface area contributed by atoms with E-state index in [1.54, 1.807) is 6.07 Å². The molecule has 1 N–H and O–H groups in total. The molecule has 5 rings (SSSR count). The van der Waals surface area contributed by atoms with Crippen molar-refractivity contribution in [2.75, 3.05) is 31.2 Å². The minimum Gasteiger partial charge on any atom is -0.378 e. The Bertz CT molecular complexity index is 1060. The molecule has 3 aromatic rings. The van der Waals surface area contributed by atoms with Gasteiger partial charge in [0.05, 0.1) is 18.2 Å². The third-order valence-corrected chi connectivity index (χ3v) is 5.13. The van der Waals surface area contributed by atoms with E-state index in [1.807, 2.05) is 4.90 Å². The van der Waals surface area contributed by atoms with Crippen LogP contribution in [-0.2, 0) is 4.74 Å². The van der Waals surface area contributed by atoms with Crippen molar-refractivity contribution in [1.29, 1.82) is 0 Å². The Kier molecular flexibility index (Phi) is 3.87. The maximum Gasteiger partial charge on any atom is 0.282 e. The Morgan fingerprint density at radius 1 is 1.22 bits per heavy atom. The van der Waals surface area contributed by atoms with Gasteiger partial charge in [-0.15, -0.1) is 15.0 Å². The number of nitrogens with one attached hydrogen (secondary N) is 1. The van der Waals surface area contributed by atoms with Gasteiger partial charge >= 0.3 is 0 Å². The average Bonchev–Trinajstić information content (AvgIpc) is 3.42. The number of morpholine rings is 1. The van der Waals surface area contributed by atoms with Crippen molar-refractivity contribution in [3.8, 4) is 5.69 Å². The number of aromatic nitrogens is 5. The fraction of sp³-hybridized carbons (Fsp3) is 0.412. The van der Waals surface area contributed by atoms with Crippen LogP contribution in [-0.4, -0.2) is 51.3 Å². The number of rotatable bonds is 3. The topological polar surface area (TPSA) is 88.9 Å². The molecule has 0 unspecified atom stereocenters. The summed E-state index contributed by atoms with van der Waals surface area (Å²) in [5.74, 6) is 0.254. The van der Waals surface area contributed by atoms with Gasteiger partial charge in [0.1, 0.15) is 5.69 Å². The number of anilines is 1. The Morgan fingerprint density at radius 3 is 2.70 bits per heavy atom. The van der Waals surface area contributed by atoms with Crippen LogP contribution in [0.15, 0.2) is 16.9 Å². The zero-order valence-corrected chi connectivity index (χ0v) is 15.0. The first-order valence-corrected chi connectivity index (χ1v) is 9.17. The van der Waals surface area contributed by atoms with Gasteiger partial charge in [0.15, 0.2) is 11.3 Å². The molecule has 2 fully saturated rings. The quantitative estimate of drug-likeness (QED) is 0.736. The zero-order chi connectivity index (χ0) is 18.5. The summed E-state index contributed by atoms with van der Waals surface area (Å²) >= 11 is 6.29. The van der Waals surface area contributed by atoms with Crippen LogP contribution in [0.25, 0.3) is 16.9 Å². The molecule has 1 saturated carbocycles. The molecular formula is C17H16ClFN6O2. The van der Waals surface area contributed by atoms with E-state index in [2.05, 4.69) is 20.2 Å². The molecule has 1 aliphatic heterocycles. The van der Waals surface area contributed by atoms with E-state index in [1.165, 1.54) is 6.07 Å². The standard InChI is InChI=1S/C17H16ClFN6O2/c18-11-7-10(9-1-2-9)8-12(19)14(11)25-22-13-15(23-25)20-17(21-16(13)26)24-3-5-27-6-4-24/h7-9H,1-6H2,(H,20,21,23,26). The van der Waals surface area contributed by atoms with Crippen molar-refractivity contribution in [3.63, 3.8) is 0 Å². The number of ether oxygens (including phenoxy) is 1. The Labute approximate surface area is 157 Å². The Morgan fingerprint density at radius 2 is 2.00 bits per heavy atom. The fourth-order valence-electron chi connectivity index (χ4n) is 3.26. The third kappa shape index (κ3) is 2.96. The number of fused-ring (bicyclic) bond motifs is 1. The van der Waals surface area contributed by atoms with Gasteiger partial charge in [-0.2, -0.15) is 4.98 Å². The second-order valence-electron chi connectivity index (χ2n) is 6.76. The summed E-state index contributed by atoms with van der Waals surface area (Å²) in [7, 11) is 0. The molecule has 0 spiro atoms. The lowest BCUT2D eigenvalue weighted by Crippen LogP contribution is -2.38. The van der Waals surface area contributed by atoms with E-state index in [9.17, 15) is 9.18 Å². The summed E-state index contributed by atoms with van der Waals surface area (Å²) in [5, 5.41) is 8.53. The third-order valence-electron chi connectivity index (χ3n) is 4.85. The summed E-state index contributed by atoms with van der Waals surface area (Å²) in [6.45, 7) is 2.35. The van der Waals surface area contributed by atoms with Gasteiger partial charge < -0.3 is 9.64 Å². The summed E-state index contributed by atoms with van der Waals surface area (Å²) in [4.78, 5) is 22.4. The van der Waals surface area contributed by atoms with E-state index in [0.717, 1.165) is 23.2 Å². The number of benzene rings is 1. The highest BCUT2D eigenvalue weighted by Gasteiger charge is 2.26. The molecule has 1 aromatic carbocycles. The molecule has 3 heterocycles. The molecule has 1 aliphatic carbocycles. The smallest absolute Gasteiger partial charge is 0.282 e. The van der Waals surface area contributed by atoms with Crippen LogP contribution < -0.4 is 10.5 Å². The molecule has 27 heavy (non-hydrogen) atoms. The summed E-state index contributed by atoms with van der Waals surface area (Å²) in [5.41, 5.74) is 0.643. The van der Waals surface area contributed by atoms with Crippen molar-refractivity contribution < 1.29 is 9.13 Å². The van der Waals surface area contributed by atoms with E-state index < -0.39 is 11.4 Å². The van der Waals surface area contributed by atoms with Crippen LogP contribution in [0.5, 0.6) is 0 Å². The van der Waals surface area contributed by atoms with Gasteiger partial charge in [-0.05, 0) is 36.5 Å².